The van der Waals surface area contributed by atoms with Gasteiger partial charge in [0.05, 0.1) is 11.2 Å². The average molecular weight is 330 g/mol. The van der Waals surface area contributed by atoms with Crippen LogP contribution in [0, 0.1) is 0 Å². The van der Waals surface area contributed by atoms with E-state index >= 15 is 0 Å². The molecule has 6 heteroatoms. The van der Waals surface area contributed by atoms with Crippen LogP contribution in [0.2, 0.25) is 0 Å². The topological polar surface area (TPSA) is 92.5 Å². The first kappa shape index (κ1) is 15.1. The van der Waals surface area contributed by atoms with Crippen molar-refractivity contribution < 1.29 is 0 Å². The lowest BCUT2D eigenvalue weighted by Crippen LogP contribution is -2.07. The number of nitrogens with two attached hydrogens (primary N) is 1. The van der Waals surface area contributed by atoms with Gasteiger partial charge in [0.2, 0.25) is 0 Å². The SMILES string of the molecule is Nc1cc(NCCc2ccccn2)c2ccc(-c3ccn[nH]3)cc2n1. The quantitative estimate of drug-likeness (QED) is 0.522. The molecule has 0 spiro atoms. The molecule has 1 aromatic carbocycles. The van der Waals surface area contributed by atoms with Crippen molar-refractivity contribution in [3.8, 4) is 11.3 Å². The minimum Gasteiger partial charge on any atom is -0.384 e. The third-order valence-electron chi connectivity index (χ3n) is 4.06. The number of aromatic nitrogens is 4. The molecule has 0 radical (unpaired) electrons. The Morgan fingerprint density at radius 2 is 2.00 bits per heavy atom. The van der Waals surface area contributed by atoms with Gasteiger partial charge in [0, 0.05) is 53.8 Å². The van der Waals surface area contributed by atoms with E-state index in [2.05, 4.69) is 37.6 Å². The summed E-state index contributed by atoms with van der Waals surface area (Å²) in [6, 6.07) is 15.9. The summed E-state index contributed by atoms with van der Waals surface area (Å²) < 4.78 is 0. The van der Waals surface area contributed by atoms with Gasteiger partial charge in [-0.1, -0.05) is 18.2 Å². The molecule has 0 aliphatic heterocycles. The largest absolute Gasteiger partial charge is 0.384 e. The van der Waals surface area contributed by atoms with Gasteiger partial charge in [-0.05, 0) is 24.3 Å². The second-order valence-corrected chi connectivity index (χ2v) is 5.79. The van der Waals surface area contributed by atoms with Crippen LogP contribution in [0.4, 0.5) is 11.5 Å². The highest BCUT2D eigenvalue weighted by Crippen LogP contribution is 2.28. The summed E-state index contributed by atoms with van der Waals surface area (Å²) in [5, 5.41) is 11.5. The molecule has 0 bridgehead atoms. The lowest BCUT2D eigenvalue weighted by molar-refractivity contribution is 0.962. The summed E-state index contributed by atoms with van der Waals surface area (Å²) in [7, 11) is 0. The van der Waals surface area contributed by atoms with Crippen LogP contribution in [0.25, 0.3) is 22.2 Å². The Kier molecular flexibility index (Phi) is 4.00. The predicted octanol–water partition coefficient (Wildman–Crippen LogP) is 3.26. The van der Waals surface area contributed by atoms with Crippen molar-refractivity contribution in [2.45, 2.75) is 6.42 Å². The van der Waals surface area contributed by atoms with E-state index in [0.29, 0.717) is 5.82 Å². The van der Waals surface area contributed by atoms with Gasteiger partial charge in [0.25, 0.3) is 0 Å². The molecule has 6 nitrogen and oxygen atoms in total. The number of anilines is 2. The van der Waals surface area contributed by atoms with Crippen LogP contribution in [-0.2, 0) is 6.42 Å². The van der Waals surface area contributed by atoms with E-state index in [0.717, 1.165) is 46.5 Å². The molecule has 0 atom stereocenters. The zero-order chi connectivity index (χ0) is 17.1. The molecule has 0 unspecified atom stereocenters. The number of aromatic amines is 1. The average Bonchev–Trinajstić information content (AvgIpc) is 3.16. The summed E-state index contributed by atoms with van der Waals surface area (Å²) in [4.78, 5) is 8.81. The van der Waals surface area contributed by atoms with E-state index in [9.17, 15) is 0 Å². The fourth-order valence-corrected chi connectivity index (χ4v) is 2.85. The molecule has 0 amide bonds. The molecular formula is C19H18N6. The van der Waals surface area contributed by atoms with Gasteiger partial charge in [0.15, 0.2) is 0 Å². The first-order valence-corrected chi connectivity index (χ1v) is 8.13. The minimum absolute atomic E-state index is 0.495. The number of H-pyrrole nitrogens is 1. The Balaban J connectivity index is 1.60. The second-order valence-electron chi connectivity index (χ2n) is 5.79. The summed E-state index contributed by atoms with van der Waals surface area (Å²) in [5.41, 5.74) is 10.9. The van der Waals surface area contributed by atoms with Gasteiger partial charge in [-0.2, -0.15) is 5.10 Å². The smallest absolute Gasteiger partial charge is 0.126 e. The first-order chi connectivity index (χ1) is 12.3. The van der Waals surface area contributed by atoms with Crippen LogP contribution in [-0.4, -0.2) is 26.7 Å². The number of rotatable bonds is 5. The molecule has 3 heterocycles. The number of benzene rings is 1. The highest BCUT2D eigenvalue weighted by atomic mass is 15.1. The molecule has 0 saturated heterocycles. The fourth-order valence-electron chi connectivity index (χ4n) is 2.85. The normalized spacial score (nSPS) is 10.9. The molecule has 25 heavy (non-hydrogen) atoms. The van der Waals surface area contributed by atoms with Crippen LogP contribution in [0.5, 0.6) is 0 Å². The number of hydrogen-bond donors (Lipinski definition) is 3. The number of fused-ring (bicyclic) bond motifs is 1. The maximum absolute atomic E-state index is 5.99. The zero-order valence-corrected chi connectivity index (χ0v) is 13.6. The van der Waals surface area contributed by atoms with E-state index < -0.39 is 0 Å². The van der Waals surface area contributed by atoms with Gasteiger partial charge >= 0.3 is 0 Å². The van der Waals surface area contributed by atoms with Crippen molar-refractivity contribution in [1.82, 2.24) is 20.2 Å². The molecule has 0 aliphatic carbocycles. The Labute approximate surface area is 145 Å². The Morgan fingerprint density at radius 1 is 1.04 bits per heavy atom. The summed E-state index contributed by atoms with van der Waals surface area (Å²) in [5.74, 6) is 0.495. The highest BCUT2D eigenvalue weighted by molar-refractivity contribution is 5.95. The predicted molar refractivity (Wildman–Crippen MR) is 100 cm³/mol. The van der Waals surface area contributed by atoms with Gasteiger partial charge in [-0.25, -0.2) is 4.98 Å². The maximum atomic E-state index is 5.99. The summed E-state index contributed by atoms with van der Waals surface area (Å²) in [6.45, 7) is 0.776. The van der Waals surface area contributed by atoms with Crippen LogP contribution < -0.4 is 11.1 Å². The molecule has 4 rings (SSSR count). The van der Waals surface area contributed by atoms with Gasteiger partial charge in [-0.15, -0.1) is 0 Å². The minimum atomic E-state index is 0.495. The van der Waals surface area contributed by atoms with E-state index in [1.165, 1.54) is 0 Å². The molecular weight excluding hydrogens is 312 g/mol. The Bertz CT molecular complexity index is 980. The molecule has 124 valence electrons. The van der Waals surface area contributed by atoms with E-state index in [4.69, 9.17) is 5.73 Å². The van der Waals surface area contributed by atoms with Crippen LogP contribution in [0.1, 0.15) is 5.69 Å². The van der Waals surface area contributed by atoms with Crippen molar-refractivity contribution in [2.75, 3.05) is 17.6 Å². The Hall–Kier alpha value is -3.41. The van der Waals surface area contributed by atoms with E-state index in [1.807, 2.05) is 42.6 Å². The van der Waals surface area contributed by atoms with Crippen molar-refractivity contribution in [1.29, 1.82) is 0 Å². The lowest BCUT2D eigenvalue weighted by Gasteiger charge is -2.11. The summed E-state index contributed by atoms with van der Waals surface area (Å²) >= 11 is 0. The third-order valence-corrected chi connectivity index (χ3v) is 4.06. The van der Waals surface area contributed by atoms with Crippen molar-refractivity contribution in [3.63, 3.8) is 0 Å². The van der Waals surface area contributed by atoms with Gasteiger partial charge < -0.3 is 11.1 Å². The molecule has 4 N–H and O–H groups in total. The lowest BCUT2D eigenvalue weighted by atomic mass is 10.1. The number of hydrogen-bond acceptors (Lipinski definition) is 5. The number of pyridine rings is 2. The third kappa shape index (κ3) is 3.28. The van der Waals surface area contributed by atoms with Gasteiger partial charge in [0.1, 0.15) is 5.82 Å². The highest BCUT2D eigenvalue weighted by Gasteiger charge is 2.07. The molecule has 0 aliphatic rings. The van der Waals surface area contributed by atoms with E-state index in [-0.39, 0.29) is 0 Å². The zero-order valence-electron chi connectivity index (χ0n) is 13.6. The molecule has 0 fully saturated rings. The fraction of sp³-hybridized carbons (Fsp3) is 0.105. The van der Waals surface area contributed by atoms with Crippen molar-refractivity contribution in [2.24, 2.45) is 0 Å². The molecule has 4 aromatic rings. The number of nitrogen functional groups attached to an aromatic ring is 1. The van der Waals surface area contributed by atoms with Crippen LogP contribution >= 0.6 is 0 Å². The number of nitrogens with zero attached hydrogens (tertiary/aromatic N) is 3. The van der Waals surface area contributed by atoms with Crippen molar-refractivity contribution >= 4 is 22.4 Å². The van der Waals surface area contributed by atoms with E-state index in [1.54, 1.807) is 6.20 Å². The van der Waals surface area contributed by atoms with Crippen molar-refractivity contribution in [3.05, 3.63) is 66.6 Å². The second kappa shape index (κ2) is 6.60. The van der Waals surface area contributed by atoms with Crippen LogP contribution in [0.15, 0.2) is 60.9 Å². The molecule has 0 saturated carbocycles. The first-order valence-electron chi connectivity index (χ1n) is 8.13. The Morgan fingerprint density at radius 3 is 2.80 bits per heavy atom. The monoisotopic (exact) mass is 330 g/mol. The standard InChI is InChI=1S/C19H18N6/c20-19-12-17(22-9-6-14-3-1-2-8-21-14)15-5-4-13(11-18(15)24-19)16-7-10-23-25-16/h1-5,7-8,10-12H,6,9H2,(H,23,25)(H3,20,22,24). The molecule has 3 aromatic heterocycles. The van der Waals surface area contributed by atoms with Crippen LogP contribution in [0.3, 0.4) is 0 Å². The summed E-state index contributed by atoms with van der Waals surface area (Å²) in [6.07, 6.45) is 4.39. The number of nitrogens with one attached hydrogen (secondary N) is 2. The van der Waals surface area contributed by atoms with Gasteiger partial charge in [-0.3, -0.25) is 10.1 Å². The maximum Gasteiger partial charge on any atom is 0.126 e.